The van der Waals surface area contributed by atoms with E-state index in [0.717, 1.165) is 32.1 Å². The summed E-state index contributed by atoms with van der Waals surface area (Å²) in [6, 6.07) is 0. The molecule has 0 fully saturated rings. The number of allylic oxidation sites excluding steroid dienone is 4. The Morgan fingerprint density at radius 1 is 1.12 bits per heavy atom. The number of rotatable bonds is 3. The van der Waals surface area contributed by atoms with Crippen molar-refractivity contribution in [3.05, 3.63) is 29.2 Å². The zero-order valence-corrected chi connectivity index (χ0v) is 10.9. The molecule has 0 saturated heterocycles. The summed E-state index contributed by atoms with van der Waals surface area (Å²) in [5.41, 5.74) is 2.68. The second-order valence-electron chi connectivity index (χ2n) is 5.04. The van der Waals surface area contributed by atoms with Crippen molar-refractivity contribution in [3.63, 3.8) is 0 Å². The molecule has 1 aliphatic rings. The van der Waals surface area contributed by atoms with Crippen molar-refractivity contribution in [3.8, 4) is 0 Å². The summed E-state index contributed by atoms with van der Waals surface area (Å²) in [5.74, 6) is 0.504. The number of halogens is 2. The van der Waals surface area contributed by atoms with Crippen LogP contribution in [0, 0.1) is 11.8 Å². The van der Waals surface area contributed by atoms with E-state index in [0.29, 0.717) is 5.92 Å². The summed E-state index contributed by atoms with van der Waals surface area (Å²) in [6.45, 7) is 2.99. The first-order valence-corrected chi connectivity index (χ1v) is 6.45. The molecule has 0 aromatic rings. The lowest BCUT2D eigenvalue weighted by Crippen LogP contribution is -2.17. The average molecular weight is 241 g/mol. The Hall–Kier alpha value is -0.790. The van der Waals surface area contributed by atoms with Crippen LogP contribution in [-0.4, -0.2) is 13.3 Å². The highest BCUT2D eigenvalue weighted by Gasteiger charge is 2.31. The van der Waals surface area contributed by atoms with Crippen LogP contribution < -0.4 is 0 Å². The molecule has 1 aliphatic carbocycles. The van der Waals surface area contributed by atoms with Crippen LogP contribution in [0.25, 0.3) is 0 Å². The second-order valence-corrected chi connectivity index (χ2v) is 5.04. The van der Waals surface area contributed by atoms with Crippen LogP contribution >= 0.6 is 0 Å². The highest BCUT2D eigenvalue weighted by molar-refractivity contribution is 5.09. The summed E-state index contributed by atoms with van der Waals surface area (Å²) < 4.78 is 25.5. The zero-order valence-electron chi connectivity index (χ0n) is 10.9. The molecule has 1 atom stereocenters. The lowest BCUT2D eigenvalue weighted by atomic mass is 9.84. The monoisotopic (exact) mass is 241 g/mol. The van der Waals surface area contributed by atoms with Gasteiger partial charge >= 0.3 is 0 Å². The minimum Gasteiger partial charge on any atom is -0.197 e. The molecule has 0 spiro atoms. The second kappa shape index (κ2) is 7.52. The maximum Gasteiger partial charge on any atom is 0.230 e. The fourth-order valence-corrected chi connectivity index (χ4v) is 2.24. The Balaban J connectivity index is 2.71. The van der Waals surface area contributed by atoms with Gasteiger partial charge in [0.25, 0.3) is 0 Å². The molecule has 0 aromatic carbocycles. The fourth-order valence-electron chi connectivity index (χ4n) is 2.24. The summed E-state index contributed by atoms with van der Waals surface area (Å²) in [6.07, 6.45) is 9.18. The molecule has 1 rings (SSSR count). The molecule has 0 N–H and O–H groups in total. The van der Waals surface area contributed by atoms with Crippen LogP contribution in [0.1, 0.15) is 46.0 Å². The van der Waals surface area contributed by atoms with Crippen molar-refractivity contribution in [2.75, 3.05) is 13.3 Å². The maximum absolute atomic E-state index is 12.7. The van der Waals surface area contributed by atoms with Gasteiger partial charge in [-0.1, -0.05) is 23.3 Å². The number of hydrogen-bond donors (Lipinski definition) is 0. The Morgan fingerprint density at radius 2 is 1.76 bits per heavy atom. The molecule has 0 heterocycles. The van der Waals surface area contributed by atoms with Crippen molar-refractivity contribution < 1.29 is 8.78 Å². The van der Waals surface area contributed by atoms with Gasteiger partial charge in [-0.2, -0.15) is 8.78 Å². The van der Waals surface area contributed by atoms with Crippen LogP contribution in [0.3, 0.4) is 0 Å². The van der Waals surface area contributed by atoms with Crippen LogP contribution in [0.5, 0.6) is 0 Å². The molecule has 0 radical (unpaired) electrons. The Bertz CT molecular complexity index is 275. The highest BCUT2D eigenvalue weighted by atomic mass is 19.1. The molecule has 0 saturated carbocycles. The lowest BCUT2D eigenvalue weighted by molar-refractivity contribution is 0.343. The molecule has 0 aliphatic heterocycles. The van der Waals surface area contributed by atoms with E-state index in [4.69, 9.17) is 0 Å². The van der Waals surface area contributed by atoms with Gasteiger partial charge in [-0.15, -0.1) is 0 Å². The molecule has 1 unspecified atom stereocenters. The summed E-state index contributed by atoms with van der Waals surface area (Å²) in [7, 11) is 0. The van der Waals surface area contributed by atoms with E-state index in [1.807, 2.05) is 0 Å². The van der Waals surface area contributed by atoms with E-state index in [-0.39, 0.29) is 5.92 Å². The predicted molar refractivity (Wildman–Crippen MR) is 69.3 cm³/mol. The lowest BCUT2D eigenvalue weighted by Gasteiger charge is -2.14. The van der Waals surface area contributed by atoms with Crippen molar-refractivity contribution in [2.45, 2.75) is 46.0 Å². The first kappa shape index (κ1) is 14.3. The summed E-state index contributed by atoms with van der Waals surface area (Å²) >= 11 is 0. The minimum atomic E-state index is -0.614. The molecule has 0 aromatic heterocycles. The molecule has 96 valence electrons. The Labute approximate surface area is 104 Å². The smallest absolute Gasteiger partial charge is 0.197 e. The third-order valence-corrected chi connectivity index (χ3v) is 3.59. The molecular weight excluding hydrogens is 218 g/mol. The van der Waals surface area contributed by atoms with Gasteiger partial charge in [-0.25, -0.2) is 0 Å². The van der Waals surface area contributed by atoms with Gasteiger partial charge in [0, 0.05) is 6.42 Å². The van der Waals surface area contributed by atoms with E-state index >= 15 is 0 Å². The number of hydrogen-bond acceptors (Lipinski definition) is 0. The number of alkyl halides is 2. The SMILES string of the molecule is C/C1=C\CC([C+](CF)CF)CC/C(C)=C/CC1. The Kier molecular flexibility index (Phi) is 6.31. The summed E-state index contributed by atoms with van der Waals surface area (Å²) in [5, 5.41) is 0. The largest absolute Gasteiger partial charge is 0.230 e. The van der Waals surface area contributed by atoms with Gasteiger partial charge in [0.15, 0.2) is 5.92 Å². The topological polar surface area (TPSA) is 0 Å². The van der Waals surface area contributed by atoms with Gasteiger partial charge in [0.1, 0.15) is 5.92 Å². The molecule has 17 heavy (non-hydrogen) atoms. The average Bonchev–Trinajstić information content (AvgIpc) is 2.32. The predicted octanol–water partition coefficient (Wildman–Crippen LogP) is 4.97. The molecule has 0 amide bonds. The first-order valence-electron chi connectivity index (χ1n) is 6.45. The maximum atomic E-state index is 12.7. The van der Waals surface area contributed by atoms with Crippen molar-refractivity contribution in [1.82, 2.24) is 0 Å². The van der Waals surface area contributed by atoms with Crippen LogP contribution in [-0.2, 0) is 0 Å². The van der Waals surface area contributed by atoms with Crippen molar-refractivity contribution >= 4 is 0 Å². The quantitative estimate of drug-likeness (QED) is 0.483. The standard InChI is InChI=1S/C15H23F2/c1-12-4-3-5-13(2)7-9-14(8-6-12)15(10-16)11-17/h4,7,14H,3,5-6,8-11H2,1-2H3/q+1/b12-4+,13-7+. The normalized spacial score (nSPS) is 28.8. The highest BCUT2D eigenvalue weighted by Crippen LogP contribution is 2.28. The van der Waals surface area contributed by atoms with E-state index in [1.165, 1.54) is 11.1 Å². The van der Waals surface area contributed by atoms with Crippen molar-refractivity contribution in [1.29, 1.82) is 0 Å². The van der Waals surface area contributed by atoms with Gasteiger partial charge in [0.2, 0.25) is 13.3 Å². The van der Waals surface area contributed by atoms with Crippen LogP contribution in [0.4, 0.5) is 8.78 Å². The minimum absolute atomic E-state index is 0.0707. The molecule has 2 heteroatoms. The fraction of sp³-hybridized carbons (Fsp3) is 0.667. The molecule has 0 bridgehead atoms. The zero-order chi connectivity index (χ0) is 12.7. The van der Waals surface area contributed by atoms with Gasteiger partial charge in [0.05, 0.1) is 0 Å². The van der Waals surface area contributed by atoms with Crippen LogP contribution in [0.15, 0.2) is 23.3 Å². The molecular formula is C15H23F2+. The van der Waals surface area contributed by atoms with Crippen molar-refractivity contribution in [2.24, 2.45) is 5.92 Å². The first-order chi connectivity index (χ1) is 8.17. The Morgan fingerprint density at radius 3 is 2.41 bits per heavy atom. The summed E-state index contributed by atoms with van der Waals surface area (Å²) in [4.78, 5) is 0. The van der Waals surface area contributed by atoms with Gasteiger partial charge in [-0.05, 0) is 39.5 Å². The van der Waals surface area contributed by atoms with E-state index in [1.54, 1.807) is 0 Å². The van der Waals surface area contributed by atoms with E-state index in [9.17, 15) is 8.78 Å². The van der Waals surface area contributed by atoms with Gasteiger partial charge < -0.3 is 0 Å². The van der Waals surface area contributed by atoms with E-state index in [2.05, 4.69) is 26.0 Å². The van der Waals surface area contributed by atoms with Crippen LogP contribution in [0.2, 0.25) is 0 Å². The third kappa shape index (κ3) is 4.93. The third-order valence-electron chi connectivity index (χ3n) is 3.59. The van der Waals surface area contributed by atoms with E-state index < -0.39 is 13.3 Å². The van der Waals surface area contributed by atoms with Gasteiger partial charge in [-0.3, -0.25) is 0 Å². The molecule has 0 nitrogen and oxygen atoms in total.